The Bertz CT molecular complexity index is 661. The molecule has 2 fully saturated rings. The smallest absolute Gasteiger partial charge is 0.186 e. The second-order valence-corrected chi connectivity index (χ2v) is 8.94. The van der Waals surface area contributed by atoms with Crippen molar-refractivity contribution in [2.45, 2.75) is 38.1 Å². The largest absolute Gasteiger partial charge is 0.348 e. The van der Waals surface area contributed by atoms with Gasteiger partial charge in [0.05, 0.1) is 16.8 Å². The van der Waals surface area contributed by atoms with E-state index in [0.29, 0.717) is 0 Å². The third kappa shape index (κ3) is 4.28. The van der Waals surface area contributed by atoms with Crippen LogP contribution in [0.2, 0.25) is 0 Å². The maximum Gasteiger partial charge on any atom is 0.186 e. The Kier molecular flexibility index (Phi) is 6.10. The van der Waals surface area contributed by atoms with Crippen LogP contribution in [0.3, 0.4) is 0 Å². The van der Waals surface area contributed by atoms with E-state index in [4.69, 9.17) is 8.05 Å². The quantitative estimate of drug-likeness (QED) is 0.570. The van der Waals surface area contributed by atoms with Crippen LogP contribution in [0.25, 0.3) is 10.2 Å². The van der Waals surface area contributed by atoms with Gasteiger partial charge < -0.3 is 7.97 Å². The van der Waals surface area contributed by atoms with E-state index >= 15 is 0 Å². The normalized spacial score (nSPS) is 25.1. The van der Waals surface area contributed by atoms with Gasteiger partial charge >= 0.3 is 0 Å². The summed E-state index contributed by atoms with van der Waals surface area (Å²) in [6.07, 6.45) is 6.55. The van der Waals surface area contributed by atoms with Crippen LogP contribution < -0.4 is 4.90 Å². The second kappa shape index (κ2) is 8.50. The van der Waals surface area contributed by atoms with Crippen LogP contribution in [0.1, 0.15) is 32.1 Å². The van der Waals surface area contributed by atoms with E-state index in [0.717, 1.165) is 37.2 Å². The number of benzene rings is 1. The summed E-state index contributed by atoms with van der Waals surface area (Å²) >= 11 is 3.86. The number of likely N-dealkylation sites (tertiary alicyclic amines) is 1. The molecule has 0 unspecified atom stereocenters. The van der Waals surface area contributed by atoms with Gasteiger partial charge in [-0.15, -0.1) is 0 Å². The fourth-order valence-corrected chi connectivity index (χ4v) is 5.54. The number of anilines is 1. The van der Waals surface area contributed by atoms with E-state index in [9.17, 15) is 0 Å². The highest BCUT2D eigenvalue weighted by Crippen LogP contribution is 2.33. The standard InChI is InChI=1S/C19H26IN3OS/c20-24-12-9-16-5-3-4-10-22(16)13-15-8-11-23(14-15)19-21-17-6-1-2-7-18(17)25-19/h1-2,6-7,15-16H,3-5,8-14H2/t15-,16+/m1/s1. The number of fused-ring (bicyclic) bond motifs is 1. The fraction of sp³-hybridized carbons (Fsp3) is 0.632. The number of halogens is 1. The van der Waals surface area contributed by atoms with Gasteiger partial charge in [0, 0.05) is 25.7 Å². The zero-order valence-corrected chi connectivity index (χ0v) is 17.5. The van der Waals surface area contributed by atoms with Crippen LogP contribution in [-0.2, 0) is 3.07 Å². The van der Waals surface area contributed by atoms with Crippen LogP contribution in [0, 0.1) is 5.92 Å². The molecule has 0 saturated carbocycles. The lowest BCUT2D eigenvalue weighted by Crippen LogP contribution is -2.43. The molecule has 0 N–H and O–H groups in total. The Balaban J connectivity index is 1.36. The minimum atomic E-state index is 0.722. The van der Waals surface area contributed by atoms with Gasteiger partial charge in [-0.1, -0.05) is 29.9 Å². The highest BCUT2D eigenvalue weighted by molar-refractivity contribution is 14.1. The molecule has 2 saturated heterocycles. The fourth-order valence-electron chi connectivity index (χ4n) is 4.29. The van der Waals surface area contributed by atoms with Crippen LogP contribution in [0.15, 0.2) is 24.3 Å². The molecule has 25 heavy (non-hydrogen) atoms. The van der Waals surface area contributed by atoms with E-state index in [1.54, 1.807) is 0 Å². The molecule has 2 aliphatic rings. The monoisotopic (exact) mass is 471 g/mol. The summed E-state index contributed by atoms with van der Waals surface area (Å²) in [6.45, 7) is 5.70. The van der Waals surface area contributed by atoms with Crippen LogP contribution >= 0.6 is 34.3 Å². The summed E-state index contributed by atoms with van der Waals surface area (Å²) in [6, 6.07) is 9.20. The van der Waals surface area contributed by atoms with E-state index in [2.05, 4.69) is 34.1 Å². The molecule has 4 nitrogen and oxygen atoms in total. The molecule has 2 aromatic rings. The SMILES string of the molecule is IOCC[C@@H]1CCCCN1C[C@H]1CCN(c2nc3ccccc3s2)C1. The highest BCUT2D eigenvalue weighted by Gasteiger charge is 2.30. The first-order chi connectivity index (χ1) is 12.3. The Hall–Kier alpha value is -0.440. The van der Waals surface area contributed by atoms with E-state index < -0.39 is 0 Å². The van der Waals surface area contributed by atoms with Gasteiger partial charge in [-0.25, -0.2) is 4.98 Å². The van der Waals surface area contributed by atoms with Gasteiger partial charge in [0.2, 0.25) is 0 Å². The lowest BCUT2D eigenvalue weighted by atomic mass is 9.97. The summed E-state index contributed by atoms with van der Waals surface area (Å²) in [5, 5.41) is 1.21. The van der Waals surface area contributed by atoms with Crippen molar-refractivity contribution in [1.29, 1.82) is 0 Å². The number of thiazole rings is 1. The maximum atomic E-state index is 5.29. The highest BCUT2D eigenvalue weighted by atomic mass is 127. The zero-order valence-electron chi connectivity index (χ0n) is 14.6. The topological polar surface area (TPSA) is 28.6 Å². The Labute approximate surface area is 168 Å². The molecule has 6 heteroatoms. The van der Waals surface area contributed by atoms with Crippen LogP contribution in [0.5, 0.6) is 0 Å². The molecule has 4 rings (SSSR count). The van der Waals surface area contributed by atoms with Crippen molar-refractivity contribution in [3.63, 3.8) is 0 Å². The second-order valence-electron chi connectivity index (χ2n) is 7.31. The predicted octanol–water partition coefficient (Wildman–Crippen LogP) is 4.73. The first-order valence-electron chi connectivity index (χ1n) is 9.41. The van der Waals surface area contributed by atoms with E-state index in [1.165, 1.54) is 55.0 Å². The van der Waals surface area contributed by atoms with Gasteiger partial charge in [-0.05, 0) is 50.3 Å². The van der Waals surface area contributed by atoms with Crippen molar-refractivity contribution < 1.29 is 3.07 Å². The minimum Gasteiger partial charge on any atom is -0.348 e. The molecular weight excluding hydrogens is 445 g/mol. The molecule has 0 amide bonds. The van der Waals surface area contributed by atoms with Gasteiger partial charge in [-0.2, -0.15) is 0 Å². The number of piperidine rings is 1. The third-order valence-electron chi connectivity index (χ3n) is 5.61. The minimum absolute atomic E-state index is 0.722. The lowest BCUT2D eigenvalue weighted by molar-refractivity contribution is 0.114. The molecule has 0 radical (unpaired) electrons. The van der Waals surface area contributed by atoms with Gasteiger partial charge in [0.25, 0.3) is 0 Å². The van der Waals surface area contributed by atoms with E-state index in [1.807, 2.05) is 34.3 Å². The Morgan fingerprint density at radius 2 is 2.12 bits per heavy atom. The van der Waals surface area contributed by atoms with Gasteiger partial charge in [-0.3, -0.25) is 4.90 Å². The number of para-hydroxylation sites is 1. The average Bonchev–Trinajstić information content (AvgIpc) is 3.27. The molecule has 1 aromatic heterocycles. The van der Waals surface area contributed by atoms with Crippen LogP contribution in [0.4, 0.5) is 5.13 Å². The number of nitrogens with zero attached hydrogens (tertiary/aromatic N) is 3. The van der Waals surface area contributed by atoms with Gasteiger partial charge in [0.1, 0.15) is 23.0 Å². The number of rotatable bonds is 6. The number of aromatic nitrogens is 1. The molecule has 2 aliphatic heterocycles. The number of hydrogen-bond acceptors (Lipinski definition) is 5. The third-order valence-corrected chi connectivity index (χ3v) is 7.15. The summed E-state index contributed by atoms with van der Waals surface area (Å²) in [5.74, 6) is 0.771. The first-order valence-corrected chi connectivity index (χ1v) is 11.1. The van der Waals surface area contributed by atoms with E-state index in [-0.39, 0.29) is 0 Å². The molecule has 0 spiro atoms. The molecule has 3 heterocycles. The Morgan fingerprint density at radius 3 is 3.00 bits per heavy atom. The summed E-state index contributed by atoms with van der Waals surface area (Å²) in [7, 11) is 0. The molecule has 0 aliphatic carbocycles. The van der Waals surface area contributed by atoms with Crippen LogP contribution in [-0.4, -0.2) is 48.7 Å². The zero-order chi connectivity index (χ0) is 17.1. The Morgan fingerprint density at radius 1 is 1.20 bits per heavy atom. The molecular formula is C19H26IN3OS. The summed E-state index contributed by atoms with van der Waals surface area (Å²) in [5.41, 5.74) is 1.14. The molecule has 0 bridgehead atoms. The number of hydrogen-bond donors (Lipinski definition) is 0. The average molecular weight is 471 g/mol. The summed E-state index contributed by atoms with van der Waals surface area (Å²) < 4.78 is 6.60. The molecule has 1 aromatic carbocycles. The lowest BCUT2D eigenvalue weighted by Gasteiger charge is -2.37. The summed E-state index contributed by atoms with van der Waals surface area (Å²) in [4.78, 5) is 10.1. The van der Waals surface area contributed by atoms with Gasteiger partial charge in [0.15, 0.2) is 5.13 Å². The predicted molar refractivity (Wildman–Crippen MR) is 114 cm³/mol. The van der Waals surface area contributed by atoms with Crippen molar-refractivity contribution in [2.24, 2.45) is 5.92 Å². The van der Waals surface area contributed by atoms with Crippen molar-refractivity contribution in [1.82, 2.24) is 9.88 Å². The van der Waals surface area contributed by atoms with Crippen molar-refractivity contribution in [3.8, 4) is 0 Å². The van der Waals surface area contributed by atoms with Crippen molar-refractivity contribution in [3.05, 3.63) is 24.3 Å². The first kappa shape index (κ1) is 17.9. The molecule has 136 valence electrons. The maximum absolute atomic E-state index is 5.29. The van der Waals surface area contributed by atoms with Crippen molar-refractivity contribution >= 4 is 49.7 Å². The molecule has 2 atom stereocenters. The van der Waals surface area contributed by atoms with Crippen molar-refractivity contribution in [2.75, 3.05) is 37.7 Å².